The average molecular weight is 366 g/mol. The summed E-state index contributed by atoms with van der Waals surface area (Å²) in [5.74, 6) is 0.162. The second kappa shape index (κ2) is 9.38. The fraction of sp³-hybridized carbons (Fsp3) is 0.850. The van der Waals surface area contributed by atoms with E-state index in [0.29, 0.717) is 18.8 Å². The van der Waals surface area contributed by atoms with E-state index in [-0.39, 0.29) is 24.4 Å². The van der Waals surface area contributed by atoms with E-state index >= 15 is 0 Å². The van der Waals surface area contributed by atoms with E-state index in [0.717, 1.165) is 37.0 Å². The lowest BCUT2D eigenvalue weighted by Gasteiger charge is -2.34. The van der Waals surface area contributed by atoms with Gasteiger partial charge in [-0.15, -0.1) is 0 Å². The largest absolute Gasteiger partial charge is 0.352 e. The van der Waals surface area contributed by atoms with Crippen LogP contribution in [0, 0.1) is 5.92 Å². The summed E-state index contributed by atoms with van der Waals surface area (Å²) >= 11 is 0. The second-order valence-electron chi connectivity index (χ2n) is 8.07. The van der Waals surface area contributed by atoms with Crippen LogP contribution in [0.25, 0.3) is 0 Å². The van der Waals surface area contributed by atoms with Gasteiger partial charge in [0.25, 0.3) is 5.91 Å². The first-order valence-electron chi connectivity index (χ1n) is 10.3. The molecule has 4 amide bonds. The van der Waals surface area contributed by atoms with Crippen LogP contribution in [0.2, 0.25) is 0 Å². The molecule has 26 heavy (non-hydrogen) atoms. The first kappa shape index (κ1) is 20.7. The molecular formula is C20H35N3O3. The summed E-state index contributed by atoms with van der Waals surface area (Å²) in [5, 5.41) is 5.80. The molecule has 6 heteroatoms. The number of carbonyl (C=O) groups is 3. The van der Waals surface area contributed by atoms with E-state index in [9.17, 15) is 14.4 Å². The van der Waals surface area contributed by atoms with Crippen LogP contribution < -0.4 is 10.6 Å². The van der Waals surface area contributed by atoms with Crippen molar-refractivity contribution in [3.63, 3.8) is 0 Å². The highest BCUT2D eigenvalue weighted by atomic mass is 16.2. The minimum atomic E-state index is -0.769. The van der Waals surface area contributed by atoms with Gasteiger partial charge >= 0.3 is 6.03 Å². The van der Waals surface area contributed by atoms with Crippen molar-refractivity contribution in [3.8, 4) is 0 Å². The molecule has 6 nitrogen and oxygen atoms in total. The third-order valence-electron chi connectivity index (χ3n) is 5.98. The Morgan fingerprint density at radius 1 is 1.23 bits per heavy atom. The summed E-state index contributed by atoms with van der Waals surface area (Å²) in [6.45, 7) is 6.13. The van der Waals surface area contributed by atoms with Crippen molar-refractivity contribution in [2.45, 2.75) is 96.6 Å². The Labute approximate surface area is 157 Å². The molecule has 1 saturated heterocycles. The number of urea groups is 1. The predicted octanol–water partition coefficient (Wildman–Crippen LogP) is 3.35. The van der Waals surface area contributed by atoms with Gasteiger partial charge in [0, 0.05) is 6.04 Å². The van der Waals surface area contributed by atoms with Crippen molar-refractivity contribution in [1.29, 1.82) is 0 Å². The monoisotopic (exact) mass is 365 g/mol. The summed E-state index contributed by atoms with van der Waals surface area (Å²) in [4.78, 5) is 38.5. The topological polar surface area (TPSA) is 78.5 Å². The predicted molar refractivity (Wildman–Crippen MR) is 102 cm³/mol. The summed E-state index contributed by atoms with van der Waals surface area (Å²) in [6, 6.07) is -0.357. The normalized spacial score (nSPS) is 26.9. The van der Waals surface area contributed by atoms with Gasteiger partial charge in [-0.05, 0) is 44.9 Å². The molecule has 0 aromatic rings. The molecule has 1 aliphatic carbocycles. The Kier molecular flexibility index (Phi) is 7.47. The second-order valence-corrected chi connectivity index (χ2v) is 8.07. The summed E-state index contributed by atoms with van der Waals surface area (Å²) < 4.78 is 0. The van der Waals surface area contributed by atoms with Crippen molar-refractivity contribution in [3.05, 3.63) is 0 Å². The van der Waals surface area contributed by atoms with E-state index in [4.69, 9.17) is 0 Å². The van der Waals surface area contributed by atoms with E-state index < -0.39 is 11.6 Å². The summed E-state index contributed by atoms with van der Waals surface area (Å²) in [7, 11) is 0. The van der Waals surface area contributed by atoms with Crippen LogP contribution in [0.5, 0.6) is 0 Å². The van der Waals surface area contributed by atoms with Crippen molar-refractivity contribution in [1.82, 2.24) is 15.5 Å². The van der Waals surface area contributed by atoms with Gasteiger partial charge in [-0.3, -0.25) is 14.5 Å². The fourth-order valence-corrected chi connectivity index (χ4v) is 4.15. The van der Waals surface area contributed by atoms with Crippen molar-refractivity contribution in [2.75, 3.05) is 6.54 Å². The van der Waals surface area contributed by atoms with Gasteiger partial charge in [0.1, 0.15) is 12.1 Å². The van der Waals surface area contributed by atoms with Gasteiger partial charge in [0.05, 0.1) is 0 Å². The molecule has 2 aliphatic rings. The maximum atomic E-state index is 12.8. The summed E-state index contributed by atoms with van der Waals surface area (Å²) in [5.41, 5.74) is -0.769. The molecule has 0 radical (unpaired) electrons. The van der Waals surface area contributed by atoms with E-state index in [2.05, 4.69) is 24.5 Å². The number of carbonyl (C=O) groups excluding carboxylic acids is 3. The number of imide groups is 1. The van der Waals surface area contributed by atoms with Gasteiger partial charge in [0.2, 0.25) is 5.91 Å². The lowest BCUT2D eigenvalue weighted by Crippen LogP contribution is -2.50. The zero-order chi connectivity index (χ0) is 19.2. The van der Waals surface area contributed by atoms with Crippen LogP contribution in [-0.4, -0.2) is 40.9 Å². The van der Waals surface area contributed by atoms with E-state index in [1.54, 1.807) is 0 Å². The Bertz CT molecular complexity index is 512. The van der Waals surface area contributed by atoms with Crippen LogP contribution in [0.1, 0.15) is 85.0 Å². The highest BCUT2D eigenvalue weighted by molar-refractivity contribution is 6.09. The van der Waals surface area contributed by atoms with Crippen LogP contribution in [0.15, 0.2) is 0 Å². The quantitative estimate of drug-likeness (QED) is 0.486. The number of amides is 4. The molecule has 0 aromatic carbocycles. The van der Waals surface area contributed by atoms with Crippen LogP contribution >= 0.6 is 0 Å². The Hall–Kier alpha value is -1.59. The van der Waals surface area contributed by atoms with Crippen molar-refractivity contribution in [2.24, 2.45) is 5.92 Å². The molecule has 148 valence electrons. The van der Waals surface area contributed by atoms with E-state index in [1.165, 1.54) is 19.3 Å². The number of unbranched alkanes of at least 4 members (excludes halogenated alkanes) is 3. The third kappa shape index (κ3) is 4.98. The molecule has 1 unspecified atom stereocenters. The molecular weight excluding hydrogens is 330 g/mol. The summed E-state index contributed by atoms with van der Waals surface area (Å²) in [6.07, 6.45) is 9.97. The maximum absolute atomic E-state index is 12.8. The number of nitrogens with zero attached hydrogens (tertiary/aromatic N) is 1. The van der Waals surface area contributed by atoms with Gasteiger partial charge < -0.3 is 10.6 Å². The lowest BCUT2D eigenvalue weighted by molar-refractivity contribution is -0.136. The van der Waals surface area contributed by atoms with E-state index in [1.807, 2.05) is 6.92 Å². The standard InChI is InChI=1S/C20H35N3O3/c1-4-6-7-8-9-15(3)21-17(24)14-23-18(25)20(22-19(23)26)12-10-16(5-2)11-13-20/h15-16H,4-14H2,1-3H3,(H,21,24)(H,22,26). The molecule has 1 aliphatic heterocycles. The van der Waals surface area contributed by atoms with Crippen molar-refractivity contribution >= 4 is 17.8 Å². The number of hydrogen-bond donors (Lipinski definition) is 2. The van der Waals surface area contributed by atoms with Crippen LogP contribution in [-0.2, 0) is 9.59 Å². The number of rotatable bonds is 9. The molecule has 2 fully saturated rings. The van der Waals surface area contributed by atoms with Gasteiger partial charge in [-0.2, -0.15) is 0 Å². The van der Waals surface area contributed by atoms with Gasteiger partial charge in [-0.25, -0.2) is 4.79 Å². The smallest absolute Gasteiger partial charge is 0.325 e. The molecule has 2 rings (SSSR count). The highest BCUT2D eigenvalue weighted by Gasteiger charge is 2.52. The van der Waals surface area contributed by atoms with Crippen LogP contribution in [0.3, 0.4) is 0 Å². The molecule has 1 saturated carbocycles. The minimum absolute atomic E-state index is 0.0640. The molecule has 1 heterocycles. The Balaban J connectivity index is 1.82. The SMILES string of the molecule is CCCCCCC(C)NC(=O)CN1C(=O)NC2(CCC(CC)CC2)C1=O. The van der Waals surface area contributed by atoms with Crippen molar-refractivity contribution < 1.29 is 14.4 Å². The third-order valence-corrected chi connectivity index (χ3v) is 5.98. The Morgan fingerprint density at radius 2 is 1.92 bits per heavy atom. The molecule has 0 aromatic heterocycles. The number of hydrogen-bond acceptors (Lipinski definition) is 3. The average Bonchev–Trinajstić information content (AvgIpc) is 2.84. The lowest BCUT2D eigenvalue weighted by atomic mass is 9.75. The van der Waals surface area contributed by atoms with Gasteiger partial charge in [0.15, 0.2) is 0 Å². The molecule has 2 N–H and O–H groups in total. The maximum Gasteiger partial charge on any atom is 0.325 e. The zero-order valence-corrected chi connectivity index (χ0v) is 16.6. The first-order chi connectivity index (χ1) is 12.4. The molecule has 1 atom stereocenters. The molecule has 1 spiro atoms. The fourth-order valence-electron chi connectivity index (χ4n) is 4.15. The zero-order valence-electron chi connectivity index (χ0n) is 16.6. The van der Waals surface area contributed by atoms with Crippen LogP contribution in [0.4, 0.5) is 4.79 Å². The minimum Gasteiger partial charge on any atom is -0.352 e. The highest BCUT2D eigenvalue weighted by Crippen LogP contribution is 2.37. The first-order valence-corrected chi connectivity index (χ1v) is 10.3. The Morgan fingerprint density at radius 3 is 2.54 bits per heavy atom. The molecule has 0 bridgehead atoms. The van der Waals surface area contributed by atoms with Gasteiger partial charge in [-0.1, -0.05) is 46.0 Å². The number of nitrogens with one attached hydrogen (secondary N) is 2.